The van der Waals surface area contributed by atoms with Gasteiger partial charge in [0.15, 0.2) is 0 Å². The van der Waals surface area contributed by atoms with Gasteiger partial charge < -0.3 is 15.7 Å². The van der Waals surface area contributed by atoms with E-state index in [0.717, 1.165) is 0 Å². The summed E-state index contributed by atoms with van der Waals surface area (Å²) in [5.74, 6) is 0. The number of urea groups is 1. The van der Waals surface area contributed by atoms with Crippen LogP contribution in [0.25, 0.3) is 0 Å². The van der Waals surface area contributed by atoms with Crippen molar-refractivity contribution in [2.24, 2.45) is 0 Å². The first kappa shape index (κ1) is 8.97. The lowest BCUT2D eigenvalue weighted by molar-refractivity contribution is 0.227. The van der Waals surface area contributed by atoms with Crippen LogP contribution in [0.15, 0.2) is 12.7 Å². The molecule has 0 aliphatic carbocycles. The topological polar surface area (TPSA) is 61.4 Å². The van der Waals surface area contributed by atoms with Crippen molar-refractivity contribution < 1.29 is 9.90 Å². The molecule has 0 aliphatic heterocycles. The van der Waals surface area contributed by atoms with Crippen molar-refractivity contribution in [2.75, 3.05) is 13.7 Å². The fourth-order valence-corrected chi connectivity index (χ4v) is 0.420. The second kappa shape index (κ2) is 4.81. The highest BCUT2D eigenvalue weighted by Gasteiger charge is 2.03. The van der Waals surface area contributed by atoms with Gasteiger partial charge in [-0.05, 0) is 0 Å². The molecular weight excluding hydrogens is 132 g/mol. The first-order valence-corrected chi connectivity index (χ1v) is 2.96. The zero-order valence-electron chi connectivity index (χ0n) is 5.92. The molecule has 0 heterocycles. The number of carbonyl (C=O) groups excluding carboxylic acids is 1. The largest absolute Gasteiger partial charge is 0.394 e. The van der Waals surface area contributed by atoms with Crippen molar-refractivity contribution in [3.63, 3.8) is 0 Å². The Hall–Kier alpha value is -1.03. The molecule has 0 saturated carbocycles. The van der Waals surface area contributed by atoms with Crippen LogP contribution < -0.4 is 10.6 Å². The van der Waals surface area contributed by atoms with E-state index in [4.69, 9.17) is 5.11 Å². The average molecular weight is 144 g/mol. The number of hydrogen-bond donors (Lipinski definition) is 3. The molecule has 4 heteroatoms. The Kier molecular flexibility index (Phi) is 4.32. The van der Waals surface area contributed by atoms with Gasteiger partial charge in [0, 0.05) is 7.05 Å². The van der Waals surface area contributed by atoms with E-state index in [9.17, 15) is 4.79 Å². The van der Waals surface area contributed by atoms with E-state index in [2.05, 4.69) is 17.2 Å². The lowest BCUT2D eigenvalue weighted by Crippen LogP contribution is -2.41. The lowest BCUT2D eigenvalue weighted by atomic mass is 10.3. The molecule has 10 heavy (non-hydrogen) atoms. The van der Waals surface area contributed by atoms with Crippen molar-refractivity contribution in [1.82, 2.24) is 10.6 Å². The molecule has 1 unspecified atom stereocenters. The molecule has 2 amide bonds. The Morgan fingerprint density at radius 1 is 1.90 bits per heavy atom. The third-order valence-corrected chi connectivity index (χ3v) is 1.02. The Morgan fingerprint density at radius 2 is 2.50 bits per heavy atom. The summed E-state index contributed by atoms with van der Waals surface area (Å²) in [6.45, 7) is 3.29. The van der Waals surface area contributed by atoms with Crippen LogP contribution in [0.3, 0.4) is 0 Å². The van der Waals surface area contributed by atoms with Crippen molar-refractivity contribution in [2.45, 2.75) is 6.04 Å². The summed E-state index contributed by atoms with van der Waals surface area (Å²) in [4.78, 5) is 10.6. The van der Waals surface area contributed by atoms with Crippen LogP contribution >= 0.6 is 0 Å². The first-order chi connectivity index (χ1) is 4.74. The summed E-state index contributed by atoms with van der Waals surface area (Å²) < 4.78 is 0. The smallest absolute Gasteiger partial charge is 0.315 e. The number of rotatable bonds is 3. The van der Waals surface area contributed by atoms with E-state index in [1.54, 1.807) is 0 Å². The van der Waals surface area contributed by atoms with Crippen molar-refractivity contribution in [3.05, 3.63) is 12.7 Å². The average Bonchev–Trinajstić information content (AvgIpc) is 1.99. The molecule has 3 N–H and O–H groups in total. The van der Waals surface area contributed by atoms with Crippen molar-refractivity contribution >= 4 is 6.03 Å². The fraction of sp³-hybridized carbons (Fsp3) is 0.500. The van der Waals surface area contributed by atoms with E-state index < -0.39 is 0 Å². The van der Waals surface area contributed by atoms with Crippen LogP contribution in [0.4, 0.5) is 4.79 Å². The zero-order chi connectivity index (χ0) is 7.98. The summed E-state index contributed by atoms with van der Waals surface area (Å²) >= 11 is 0. The van der Waals surface area contributed by atoms with Gasteiger partial charge in [0.05, 0.1) is 12.6 Å². The monoisotopic (exact) mass is 144 g/mol. The van der Waals surface area contributed by atoms with E-state index in [1.165, 1.54) is 13.1 Å². The van der Waals surface area contributed by atoms with Gasteiger partial charge in [-0.25, -0.2) is 4.79 Å². The minimum absolute atomic E-state index is 0.128. The second-order valence-electron chi connectivity index (χ2n) is 1.75. The number of aliphatic hydroxyl groups excluding tert-OH is 1. The maximum Gasteiger partial charge on any atom is 0.315 e. The van der Waals surface area contributed by atoms with E-state index in [-0.39, 0.29) is 18.7 Å². The molecule has 58 valence electrons. The summed E-state index contributed by atoms with van der Waals surface area (Å²) in [6, 6.07) is -0.682. The van der Waals surface area contributed by atoms with Gasteiger partial charge in [-0.2, -0.15) is 0 Å². The van der Waals surface area contributed by atoms with Gasteiger partial charge in [0.1, 0.15) is 0 Å². The van der Waals surface area contributed by atoms with Crippen LogP contribution in [0.2, 0.25) is 0 Å². The minimum Gasteiger partial charge on any atom is -0.394 e. The summed E-state index contributed by atoms with van der Waals surface area (Å²) in [7, 11) is 1.51. The highest BCUT2D eigenvalue weighted by Crippen LogP contribution is 1.80. The molecule has 0 rings (SSSR count). The molecule has 0 aromatic rings. The van der Waals surface area contributed by atoms with Crippen LogP contribution in [0.1, 0.15) is 0 Å². The molecule has 1 atom stereocenters. The molecule has 0 radical (unpaired) electrons. The number of aliphatic hydroxyl groups is 1. The van der Waals surface area contributed by atoms with Crippen LogP contribution in [-0.4, -0.2) is 30.8 Å². The molecule has 0 aliphatic rings. The quantitative estimate of drug-likeness (QED) is 0.466. The molecule has 0 spiro atoms. The van der Waals surface area contributed by atoms with Crippen molar-refractivity contribution in [1.29, 1.82) is 0 Å². The predicted octanol–water partition coefficient (Wildman–Crippen LogP) is -0.538. The maximum atomic E-state index is 10.6. The summed E-state index contributed by atoms with van der Waals surface area (Å²) in [5.41, 5.74) is 0. The summed E-state index contributed by atoms with van der Waals surface area (Å²) in [6.07, 6.45) is 1.47. The van der Waals surface area contributed by atoms with Crippen LogP contribution in [0.5, 0.6) is 0 Å². The standard InChI is InChI=1S/C6H12N2O2/c1-3-5(4-9)8-6(10)7-2/h3,5,9H,1,4H2,2H3,(H2,7,8,10). The highest BCUT2D eigenvalue weighted by molar-refractivity contribution is 5.74. The van der Waals surface area contributed by atoms with E-state index in [0.29, 0.717) is 0 Å². The molecule has 4 nitrogen and oxygen atoms in total. The molecule has 0 aromatic heterocycles. The van der Waals surface area contributed by atoms with Gasteiger partial charge in [0.2, 0.25) is 0 Å². The number of hydrogen-bond acceptors (Lipinski definition) is 2. The molecule has 0 fully saturated rings. The van der Waals surface area contributed by atoms with Gasteiger partial charge in [0.25, 0.3) is 0 Å². The minimum atomic E-state index is -0.361. The van der Waals surface area contributed by atoms with Gasteiger partial charge >= 0.3 is 6.03 Å². The maximum absolute atomic E-state index is 10.6. The SMILES string of the molecule is C=CC(CO)NC(=O)NC. The Labute approximate surface area is 59.9 Å². The first-order valence-electron chi connectivity index (χ1n) is 2.96. The van der Waals surface area contributed by atoms with Gasteiger partial charge in [-0.1, -0.05) is 6.08 Å². The van der Waals surface area contributed by atoms with Crippen LogP contribution in [-0.2, 0) is 0 Å². The Balaban J connectivity index is 3.62. The predicted molar refractivity (Wildman–Crippen MR) is 38.7 cm³/mol. The number of carbonyl (C=O) groups is 1. The number of nitrogens with one attached hydrogen (secondary N) is 2. The van der Waals surface area contributed by atoms with E-state index in [1.807, 2.05) is 0 Å². The van der Waals surface area contributed by atoms with Crippen molar-refractivity contribution in [3.8, 4) is 0 Å². The Morgan fingerprint density at radius 3 is 2.80 bits per heavy atom. The zero-order valence-corrected chi connectivity index (χ0v) is 5.92. The summed E-state index contributed by atoms with van der Waals surface area (Å²) in [5, 5.41) is 13.4. The molecule has 0 bridgehead atoms. The fourth-order valence-electron chi connectivity index (χ4n) is 0.420. The third-order valence-electron chi connectivity index (χ3n) is 1.02. The second-order valence-corrected chi connectivity index (χ2v) is 1.75. The highest BCUT2D eigenvalue weighted by atomic mass is 16.3. The Bertz CT molecular complexity index is 125. The molecule has 0 saturated heterocycles. The number of amides is 2. The molecular formula is C6H12N2O2. The normalized spacial score (nSPS) is 11.8. The van der Waals surface area contributed by atoms with E-state index >= 15 is 0 Å². The van der Waals surface area contributed by atoms with Crippen LogP contribution in [0, 0.1) is 0 Å². The van der Waals surface area contributed by atoms with Gasteiger partial charge in [-0.3, -0.25) is 0 Å². The third kappa shape index (κ3) is 3.09. The lowest BCUT2D eigenvalue weighted by Gasteiger charge is -2.09. The van der Waals surface area contributed by atoms with Gasteiger partial charge in [-0.15, -0.1) is 6.58 Å². The molecule has 0 aromatic carbocycles.